The molecule has 33 heavy (non-hydrogen) atoms. The standard InChI is InChI=1S/C24H33FN6O2/c1-3-33-23(32)31-15-24(16-31)7-6-19(12-24)29-8-10-30(11-9-29)22-20(4-5-21(25)28-22)18-13-26-17(2)27-14-18/h4-5,13-14,17,19,26H,3,6-12,15-16H2,1-2H3/t17?,19-/m1/s1. The Labute approximate surface area is 194 Å². The Morgan fingerprint density at radius 1 is 1.27 bits per heavy atom. The molecular formula is C24H33FN6O2. The van der Waals surface area contributed by atoms with Gasteiger partial charge in [-0.2, -0.15) is 4.39 Å². The van der Waals surface area contributed by atoms with Gasteiger partial charge in [0.05, 0.1) is 6.61 Å². The summed E-state index contributed by atoms with van der Waals surface area (Å²) in [4.78, 5) is 27.2. The molecule has 1 unspecified atom stereocenters. The number of halogens is 1. The molecule has 3 aliphatic heterocycles. The van der Waals surface area contributed by atoms with Gasteiger partial charge in [-0.3, -0.25) is 9.89 Å². The van der Waals surface area contributed by atoms with Crippen molar-refractivity contribution >= 4 is 23.7 Å². The molecule has 2 saturated heterocycles. The highest BCUT2D eigenvalue weighted by Gasteiger charge is 2.51. The first kappa shape index (κ1) is 22.1. The maximum absolute atomic E-state index is 14.1. The smallest absolute Gasteiger partial charge is 0.409 e. The Balaban J connectivity index is 1.19. The zero-order chi connectivity index (χ0) is 23.0. The highest BCUT2D eigenvalue weighted by Crippen LogP contribution is 2.47. The Bertz CT molecular complexity index is 952. The Morgan fingerprint density at radius 2 is 2.06 bits per heavy atom. The van der Waals surface area contributed by atoms with Crippen molar-refractivity contribution in [1.82, 2.24) is 20.1 Å². The van der Waals surface area contributed by atoms with Gasteiger partial charge in [-0.05, 0) is 45.2 Å². The van der Waals surface area contributed by atoms with Gasteiger partial charge in [0.2, 0.25) is 5.95 Å². The lowest BCUT2D eigenvalue weighted by molar-refractivity contribution is -0.00294. The molecule has 0 radical (unpaired) electrons. The first-order chi connectivity index (χ1) is 16.0. The van der Waals surface area contributed by atoms with Crippen molar-refractivity contribution in [3.8, 4) is 0 Å². The molecule has 5 rings (SSSR count). The number of allylic oxidation sites excluding steroid dienone is 1. The summed E-state index contributed by atoms with van der Waals surface area (Å²) in [7, 11) is 0. The summed E-state index contributed by atoms with van der Waals surface area (Å²) < 4.78 is 19.2. The highest BCUT2D eigenvalue weighted by molar-refractivity contribution is 6.12. The zero-order valence-corrected chi connectivity index (χ0v) is 19.5. The number of hydrogen-bond acceptors (Lipinski definition) is 7. The summed E-state index contributed by atoms with van der Waals surface area (Å²) in [5.74, 6) is 0.232. The number of aliphatic imine (C=N–C) groups is 1. The first-order valence-electron chi connectivity index (χ1n) is 12.0. The lowest BCUT2D eigenvalue weighted by atomic mass is 9.78. The number of carbonyl (C=O) groups excluding carboxylic acids is 1. The summed E-state index contributed by atoms with van der Waals surface area (Å²) in [6.07, 6.45) is 7.12. The number of likely N-dealkylation sites (tertiary alicyclic amines) is 1. The van der Waals surface area contributed by atoms with E-state index in [2.05, 4.69) is 25.1 Å². The van der Waals surface area contributed by atoms with Gasteiger partial charge in [0.25, 0.3) is 0 Å². The quantitative estimate of drug-likeness (QED) is 0.703. The van der Waals surface area contributed by atoms with Crippen molar-refractivity contribution in [2.75, 3.05) is 50.8 Å². The molecule has 1 aromatic heterocycles. The van der Waals surface area contributed by atoms with Crippen molar-refractivity contribution in [1.29, 1.82) is 0 Å². The number of nitrogens with zero attached hydrogens (tertiary/aromatic N) is 5. The van der Waals surface area contributed by atoms with Crippen LogP contribution in [0.5, 0.6) is 0 Å². The molecule has 1 aliphatic carbocycles. The van der Waals surface area contributed by atoms with E-state index in [-0.39, 0.29) is 17.7 Å². The van der Waals surface area contributed by atoms with Gasteiger partial charge < -0.3 is 19.9 Å². The molecule has 4 heterocycles. The van der Waals surface area contributed by atoms with Crippen LogP contribution in [0.3, 0.4) is 0 Å². The first-order valence-corrected chi connectivity index (χ1v) is 12.0. The van der Waals surface area contributed by atoms with Crippen molar-refractivity contribution in [2.24, 2.45) is 10.4 Å². The normalized spacial score (nSPS) is 26.7. The minimum atomic E-state index is -0.459. The number of rotatable bonds is 4. The molecule has 2 atom stereocenters. The van der Waals surface area contributed by atoms with Crippen LogP contribution in [0, 0.1) is 11.4 Å². The van der Waals surface area contributed by atoms with Crippen LogP contribution >= 0.6 is 0 Å². The van der Waals surface area contributed by atoms with E-state index in [1.807, 2.05) is 31.2 Å². The molecule has 0 aromatic carbocycles. The molecule has 3 fully saturated rings. The van der Waals surface area contributed by atoms with Gasteiger partial charge in [-0.25, -0.2) is 9.78 Å². The average Bonchev–Trinajstić information content (AvgIpc) is 3.25. The number of ether oxygens (including phenoxy) is 1. The molecule has 8 nitrogen and oxygen atoms in total. The maximum atomic E-state index is 14.1. The van der Waals surface area contributed by atoms with Gasteiger partial charge in [-0.1, -0.05) is 0 Å². The predicted octanol–water partition coefficient (Wildman–Crippen LogP) is 2.71. The third kappa shape index (κ3) is 4.43. The van der Waals surface area contributed by atoms with Gasteiger partial charge in [0, 0.05) is 74.3 Å². The van der Waals surface area contributed by atoms with E-state index in [1.165, 1.54) is 18.9 Å². The Hall–Kier alpha value is -2.68. The van der Waals surface area contributed by atoms with Gasteiger partial charge >= 0.3 is 6.09 Å². The van der Waals surface area contributed by atoms with Gasteiger partial charge in [0.15, 0.2) is 0 Å². The zero-order valence-electron chi connectivity index (χ0n) is 19.5. The van der Waals surface area contributed by atoms with E-state index >= 15 is 0 Å². The number of nitrogens with one attached hydrogen (secondary N) is 1. The van der Waals surface area contributed by atoms with E-state index in [9.17, 15) is 9.18 Å². The summed E-state index contributed by atoms with van der Waals surface area (Å²) >= 11 is 0. The summed E-state index contributed by atoms with van der Waals surface area (Å²) in [6, 6.07) is 3.76. The molecule has 1 amide bonds. The Kier molecular flexibility index (Phi) is 5.99. The number of aromatic nitrogens is 1. The summed E-state index contributed by atoms with van der Waals surface area (Å²) in [5, 5.41) is 3.21. The summed E-state index contributed by atoms with van der Waals surface area (Å²) in [5.41, 5.74) is 2.09. The Morgan fingerprint density at radius 3 is 2.76 bits per heavy atom. The highest BCUT2D eigenvalue weighted by atomic mass is 19.1. The number of hydrogen-bond donors (Lipinski definition) is 1. The largest absolute Gasteiger partial charge is 0.450 e. The molecule has 1 spiro atoms. The predicted molar refractivity (Wildman–Crippen MR) is 126 cm³/mol. The SMILES string of the molecule is CCOC(=O)N1CC2(CC[C@@H](N3CCN(c4nc(F)ccc4C4=CNC(C)N=C4)CC3)C2)C1. The van der Waals surface area contributed by atoms with Crippen LogP contribution in [0.2, 0.25) is 0 Å². The second-order valence-corrected chi connectivity index (χ2v) is 9.70. The number of anilines is 1. The van der Waals surface area contributed by atoms with Crippen molar-refractivity contribution < 1.29 is 13.9 Å². The third-order valence-corrected chi connectivity index (χ3v) is 7.45. The fraction of sp³-hybridized carbons (Fsp3) is 0.625. The van der Waals surface area contributed by atoms with Crippen molar-refractivity contribution in [2.45, 2.75) is 45.3 Å². The minimum absolute atomic E-state index is 0.0453. The molecule has 4 aliphatic rings. The van der Waals surface area contributed by atoms with Crippen LogP contribution in [0.15, 0.2) is 23.3 Å². The van der Waals surface area contributed by atoms with E-state index < -0.39 is 5.95 Å². The van der Waals surface area contributed by atoms with Crippen LogP contribution in [-0.2, 0) is 4.74 Å². The molecule has 1 N–H and O–H groups in total. The van der Waals surface area contributed by atoms with E-state index in [0.29, 0.717) is 18.5 Å². The fourth-order valence-electron chi connectivity index (χ4n) is 5.70. The molecular weight excluding hydrogens is 423 g/mol. The van der Waals surface area contributed by atoms with Crippen LogP contribution in [0.4, 0.5) is 15.0 Å². The van der Waals surface area contributed by atoms with Crippen LogP contribution in [-0.4, -0.2) is 85.2 Å². The average molecular weight is 457 g/mol. The van der Waals surface area contributed by atoms with Crippen LogP contribution in [0.25, 0.3) is 5.57 Å². The van der Waals surface area contributed by atoms with E-state index in [4.69, 9.17) is 4.74 Å². The fourth-order valence-corrected chi connectivity index (χ4v) is 5.70. The summed E-state index contributed by atoms with van der Waals surface area (Å²) in [6.45, 7) is 9.40. The van der Waals surface area contributed by atoms with Crippen LogP contribution < -0.4 is 10.2 Å². The molecule has 1 saturated carbocycles. The number of piperazine rings is 1. The van der Waals surface area contributed by atoms with Gasteiger partial charge in [0.1, 0.15) is 12.0 Å². The number of amides is 1. The van der Waals surface area contributed by atoms with Crippen molar-refractivity contribution in [3.63, 3.8) is 0 Å². The lowest BCUT2D eigenvalue weighted by Crippen LogP contribution is -2.58. The molecule has 178 valence electrons. The second-order valence-electron chi connectivity index (χ2n) is 9.70. The monoisotopic (exact) mass is 456 g/mol. The maximum Gasteiger partial charge on any atom is 0.409 e. The minimum Gasteiger partial charge on any atom is -0.450 e. The van der Waals surface area contributed by atoms with E-state index in [1.54, 1.807) is 6.07 Å². The molecule has 9 heteroatoms. The molecule has 1 aromatic rings. The topological polar surface area (TPSA) is 73.3 Å². The van der Waals surface area contributed by atoms with Crippen molar-refractivity contribution in [3.05, 3.63) is 29.8 Å². The van der Waals surface area contributed by atoms with Crippen LogP contribution in [0.1, 0.15) is 38.7 Å². The molecule has 0 bridgehead atoms. The second kappa shape index (κ2) is 8.93. The third-order valence-electron chi connectivity index (χ3n) is 7.45. The van der Waals surface area contributed by atoms with Gasteiger partial charge in [-0.15, -0.1) is 0 Å². The lowest BCUT2D eigenvalue weighted by Gasteiger charge is -2.48. The van der Waals surface area contributed by atoms with E-state index in [0.717, 1.165) is 56.8 Å². The number of carbonyl (C=O) groups is 1. The number of pyridine rings is 1.